The van der Waals surface area contributed by atoms with E-state index in [-0.39, 0.29) is 0 Å². The van der Waals surface area contributed by atoms with Gasteiger partial charge >= 0.3 is 0 Å². The van der Waals surface area contributed by atoms with Gasteiger partial charge < -0.3 is 35.7 Å². The Balaban J connectivity index is 1.24. The van der Waals surface area contributed by atoms with Gasteiger partial charge in [-0.1, -0.05) is 44.9 Å². The third-order valence-corrected chi connectivity index (χ3v) is 12.5. The van der Waals surface area contributed by atoms with Gasteiger partial charge in [0, 0.05) is 69.1 Å². The number of imidazole rings is 2. The minimum absolute atomic E-state index is 0.519. The predicted octanol–water partition coefficient (Wildman–Crippen LogP) is 9.80. The van der Waals surface area contributed by atoms with Crippen LogP contribution in [0.15, 0.2) is 91.1 Å². The first-order chi connectivity index (χ1) is 30.8. The number of nitrogens with two attached hydrogens (primary N) is 1. The zero-order valence-electron chi connectivity index (χ0n) is 38.7. The molecular weight excluding hydrogens is 800 g/mol. The third kappa shape index (κ3) is 10.6. The fourth-order valence-corrected chi connectivity index (χ4v) is 8.86. The van der Waals surface area contributed by atoms with Crippen molar-refractivity contribution in [3.05, 3.63) is 120 Å². The van der Waals surface area contributed by atoms with Gasteiger partial charge in [-0.15, -0.1) is 0 Å². The Hall–Kier alpha value is -6.21. The molecule has 5 aromatic rings. The van der Waals surface area contributed by atoms with E-state index in [9.17, 15) is 4.39 Å². The lowest BCUT2D eigenvalue weighted by Crippen LogP contribution is -2.35. The Labute approximate surface area is 378 Å². The molecule has 0 bridgehead atoms. The van der Waals surface area contributed by atoms with Gasteiger partial charge in [-0.25, -0.2) is 14.4 Å². The maximum atomic E-state index is 13.7. The van der Waals surface area contributed by atoms with E-state index < -0.39 is 6.17 Å². The molecule has 0 amide bonds. The number of alkyl halides is 1. The lowest BCUT2D eigenvalue weighted by molar-refractivity contribution is 0.150. The molecule has 0 unspecified atom stereocenters. The number of allylic oxidation sites excluding steroid dienone is 4. The van der Waals surface area contributed by atoms with Crippen LogP contribution in [-0.4, -0.2) is 78.9 Å². The minimum atomic E-state index is -0.659. The molecule has 2 aliphatic heterocycles. The largest absolute Gasteiger partial charge is 0.399 e. The van der Waals surface area contributed by atoms with Crippen LogP contribution in [0.25, 0.3) is 39.2 Å². The lowest BCUT2D eigenvalue weighted by Gasteiger charge is -2.28. The van der Waals surface area contributed by atoms with E-state index in [0.29, 0.717) is 43.5 Å². The molecule has 1 fully saturated rings. The van der Waals surface area contributed by atoms with E-state index in [0.717, 1.165) is 144 Å². The van der Waals surface area contributed by atoms with Crippen molar-refractivity contribution >= 4 is 56.8 Å². The number of anilines is 2. The number of rotatable bonds is 15. The second-order valence-electron chi connectivity index (χ2n) is 17.3. The number of aliphatic imine (C=N–C) groups is 1. The van der Waals surface area contributed by atoms with Gasteiger partial charge in [0.1, 0.15) is 6.17 Å². The van der Waals surface area contributed by atoms with Crippen LogP contribution in [-0.2, 0) is 32.5 Å². The number of hydrogen-bond donors (Lipinski definition) is 4. The van der Waals surface area contributed by atoms with Crippen molar-refractivity contribution in [3.63, 3.8) is 0 Å². The summed E-state index contributed by atoms with van der Waals surface area (Å²) in [5, 5.41) is 15.4. The van der Waals surface area contributed by atoms with E-state index >= 15 is 0 Å². The van der Waals surface area contributed by atoms with Gasteiger partial charge in [0.25, 0.3) is 0 Å². The summed E-state index contributed by atoms with van der Waals surface area (Å²) in [4.78, 5) is 17.1. The molecule has 5 heterocycles. The van der Waals surface area contributed by atoms with Crippen molar-refractivity contribution in [3.8, 4) is 0 Å². The molecule has 12 nitrogen and oxygen atoms in total. The van der Waals surface area contributed by atoms with Gasteiger partial charge in [-0.2, -0.15) is 5.10 Å². The molecule has 0 radical (unpaired) electrons. The quantitative estimate of drug-likeness (QED) is 0.0354. The maximum absolute atomic E-state index is 13.7. The Morgan fingerprint density at radius 1 is 0.859 bits per heavy atom. The van der Waals surface area contributed by atoms with Crippen molar-refractivity contribution in [2.75, 3.05) is 43.9 Å². The number of aromatic nitrogens is 6. The summed E-state index contributed by atoms with van der Waals surface area (Å²) >= 11 is 0. The van der Waals surface area contributed by atoms with Gasteiger partial charge in [-0.05, 0) is 143 Å². The maximum Gasteiger partial charge on any atom is 0.208 e. The molecule has 0 spiro atoms. The normalized spacial score (nSPS) is 16.3. The average molecular weight is 867 g/mol. The average Bonchev–Trinajstić information content (AvgIpc) is 3.95. The van der Waals surface area contributed by atoms with Crippen molar-refractivity contribution in [2.45, 2.75) is 105 Å². The van der Waals surface area contributed by atoms with Gasteiger partial charge in [0.2, 0.25) is 11.9 Å². The van der Waals surface area contributed by atoms with Gasteiger partial charge in [0.05, 0.1) is 39.2 Å². The van der Waals surface area contributed by atoms with E-state index in [2.05, 4.69) is 110 Å². The number of nitrogens with one attached hydrogen (secondary N) is 3. The fraction of sp³-hybridized carbons (Fsp3) is 0.412. The van der Waals surface area contributed by atoms with Crippen molar-refractivity contribution < 1.29 is 4.39 Å². The molecule has 0 atom stereocenters. The molecule has 5 N–H and O–H groups in total. The van der Waals surface area contributed by atoms with Crippen LogP contribution in [0.3, 0.4) is 0 Å². The first kappa shape index (κ1) is 45.8. The molecule has 13 heteroatoms. The Bertz CT molecular complexity index is 2640. The number of aryl methyl sites for hydroxylation is 4. The summed E-state index contributed by atoms with van der Waals surface area (Å²) < 4.78 is 20.2. The highest BCUT2D eigenvalue weighted by Gasteiger charge is 2.21. The molecule has 0 aliphatic carbocycles. The summed E-state index contributed by atoms with van der Waals surface area (Å²) in [6, 6.07) is 10.7. The molecule has 2 aromatic carbocycles. The number of hydrogen-bond acceptors (Lipinski definition) is 9. The molecule has 0 saturated carbocycles. The first-order valence-electron chi connectivity index (χ1n) is 22.9. The second kappa shape index (κ2) is 20.5. The van der Waals surface area contributed by atoms with Crippen LogP contribution in [0.1, 0.15) is 92.9 Å². The van der Waals surface area contributed by atoms with Crippen LogP contribution in [0.4, 0.5) is 16.3 Å². The summed E-state index contributed by atoms with van der Waals surface area (Å²) in [7, 11) is 1.79. The molecule has 3 aromatic heterocycles. The minimum Gasteiger partial charge on any atom is -0.399 e. The number of halogens is 1. The molecule has 2 aliphatic rings. The van der Waals surface area contributed by atoms with Gasteiger partial charge in [-0.3, -0.25) is 9.67 Å². The molecular formula is C51H67FN12. The third-order valence-electron chi connectivity index (χ3n) is 12.5. The second-order valence-corrected chi connectivity index (χ2v) is 17.3. The Morgan fingerprint density at radius 3 is 2.08 bits per heavy atom. The first-order valence-corrected chi connectivity index (χ1v) is 22.9. The van der Waals surface area contributed by atoms with Crippen LogP contribution in [0, 0.1) is 6.92 Å². The summed E-state index contributed by atoms with van der Waals surface area (Å²) in [6.07, 6.45) is 12.7. The van der Waals surface area contributed by atoms with Crippen LogP contribution in [0.2, 0.25) is 0 Å². The highest BCUT2D eigenvalue weighted by molar-refractivity contribution is 5.94. The molecule has 64 heavy (non-hydrogen) atoms. The van der Waals surface area contributed by atoms with E-state index in [1.54, 1.807) is 7.05 Å². The zero-order chi connectivity index (χ0) is 45.5. The standard InChI is InChI=1S/C51H67FN12/c1-10-64-47(28-35(4)60-64)39(8)57-51-59-46-32-43(38(7)55-21-16-22-61-25-19-44(52)20-26-61)30-41-18-13-11-12-17-40-29-42(36(5)53)31-45-48(40)62(23-14-15-24-63(51)49(41)46)50(58-45)56-37(6)33(2)27-34(3)54-9/h14-15,27-32,44,55H,5-8,10-13,16-26,53H2,1-4,9H3,(H,56,58)(H,57,59)/b15-14+,33-27+,54-34-. The smallest absolute Gasteiger partial charge is 0.208 e. The van der Waals surface area contributed by atoms with Crippen LogP contribution in [0.5, 0.6) is 0 Å². The van der Waals surface area contributed by atoms with Crippen molar-refractivity contribution in [1.29, 1.82) is 0 Å². The zero-order valence-corrected chi connectivity index (χ0v) is 38.7. The van der Waals surface area contributed by atoms with Crippen LogP contribution < -0.4 is 21.7 Å². The van der Waals surface area contributed by atoms with Gasteiger partial charge in [0.15, 0.2) is 0 Å². The highest BCUT2D eigenvalue weighted by Crippen LogP contribution is 2.33. The summed E-state index contributed by atoms with van der Waals surface area (Å²) in [6.45, 7) is 30.8. The number of nitrogens with zero attached hydrogens (tertiary/aromatic N) is 8. The van der Waals surface area contributed by atoms with E-state index in [4.69, 9.17) is 15.7 Å². The number of benzene rings is 2. The molecule has 7 rings (SSSR count). The molecule has 338 valence electrons. The Morgan fingerprint density at radius 2 is 1.47 bits per heavy atom. The highest BCUT2D eigenvalue weighted by atomic mass is 19.1. The van der Waals surface area contributed by atoms with E-state index in [1.807, 2.05) is 37.6 Å². The summed E-state index contributed by atoms with van der Waals surface area (Å²) in [5.41, 5.74) is 21.2. The fourth-order valence-electron chi connectivity index (χ4n) is 8.86. The topological polar surface area (TPSA) is 131 Å². The lowest BCUT2D eigenvalue weighted by atomic mass is 9.98. The van der Waals surface area contributed by atoms with Crippen molar-refractivity contribution in [2.24, 2.45) is 10.7 Å². The summed E-state index contributed by atoms with van der Waals surface area (Å²) in [5.74, 6) is 1.41. The number of likely N-dealkylation sites (tertiary alicyclic amines) is 1. The monoisotopic (exact) mass is 867 g/mol. The predicted molar refractivity (Wildman–Crippen MR) is 266 cm³/mol. The van der Waals surface area contributed by atoms with Crippen LogP contribution >= 0.6 is 0 Å². The van der Waals surface area contributed by atoms with Crippen molar-refractivity contribution in [1.82, 2.24) is 39.1 Å². The number of piperidine rings is 1. The van der Waals surface area contributed by atoms with E-state index in [1.165, 1.54) is 11.1 Å². The SMILES string of the molecule is C=C(Nc1nc2cc(C(=C)N)cc3c2n1C/C=C/Cn1c(NC(=C)c2cc(C)nn2CC)nc2cc(C(=C)NCCCN4CCC(F)CC4)cc(c21)CCCCC3)/C(C)=C/C(C)=N\C. The molecule has 1 saturated heterocycles. The Kier molecular flexibility index (Phi) is 14.7.